The maximum Gasteiger partial charge on any atom is 0.307 e. The molecule has 0 saturated heterocycles. The molecule has 0 aromatic rings. The van der Waals surface area contributed by atoms with Gasteiger partial charge in [0.25, 0.3) is 0 Å². The molecule has 0 saturated carbocycles. The lowest BCUT2D eigenvalue weighted by Gasteiger charge is -2.07. The van der Waals surface area contributed by atoms with Gasteiger partial charge in [-0.1, -0.05) is 57.6 Å². The zero-order valence-electron chi connectivity index (χ0n) is 13.5. The molecule has 1 unspecified atom stereocenters. The zero-order valence-corrected chi connectivity index (χ0v) is 13.5. The zero-order chi connectivity index (χ0) is 15.9. The topological polar surface area (TPSA) is 63.6 Å². The van der Waals surface area contributed by atoms with Crippen LogP contribution in [0.15, 0.2) is 12.2 Å². The molecule has 21 heavy (non-hydrogen) atoms. The van der Waals surface area contributed by atoms with Crippen molar-refractivity contribution >= 4 is 11.9 Å². The van der Waals surface area contributed by atoms with E-state index < -0.39 is 17.9 Å². The van der Waals surface area contributed by atoms with Gasteiger partial charge in [-0.15, -0.1) is 0 Å². The van der Waals surface area contributed by atoms with Crippen molar-refractivity contribution in [3.8, 4) is 0 Å². The maximum atomic E-state index is 11.1. The molecule has 0 aromatic carbocycles. The first-order valence-corrected chi connectivity index (χ1v) is 8.06. The average molecular weight is 298 g/mol. The first kappa shape index (κ1) is 19.7. The molecule has 0 fully saturated rings. The highest BCUT2D eigenvalue weighted by Gasteiger charge is 2.20. The Bertz CT molecular complexity index is 310. The van der Waals surface area contributed by atoms with E-state index in [4.69, 9.17) is 5.11 Å². The van der Waals surface area contributed by atoms with E-state index in [2.05, 4.69) is 11.7 Å². The van der Waals surface area contributed by atoms with E-state index in [0.717, 1.165) is 12.8 Å². The summed E-state index contributed by atoms with van der Waals surface area (Å²) in [5, 5.41) is 9.02. The number of unbranched alkanes of at least 4 members (excludes halogenated alkanes) is 7. The van der Waals surface area contributed by atoms with Gasteiger partial charge in [0, 0.05) is 0 Å². The maximum absolute atomic E-state index is 11.1. The second-order valence-electron chi connectivity index (χ2n) is 5.43. The molecule has 0 rings (SSSR count). The number of allylic oxidation sites excluding steroid dienone is 2. The smallest absolute Gasteiger partial charge is 0.307 e. The second-order valence-corrected chi connectivity index (χ2v) is 5.43. The molecular weight excluding hydrogens is 268 g/mol. The largest absolute Gasteiger partial charge is 0.481 e. The van der Waals surface area contributed by atoms with E-state index >= 15 is 0 Å². The van der Waals surface area contributed by atoms with Gasteiger partial charge in [-0.25, -0.2) is 0 Å². The Morgan fingerprint density at radius 2 is 1.67 bits per heavy atom. The number of aliphatic carboxylic acids is 1. The van der Waals surface area contributed by atoms with Crippen LogP contribution >= 0.6 is 0 Å². The highest BCUT2D eigenvalue weighted by Crippen LogP contribution is 2.12. The Kier molecular flexibility index (Phi) is 12.8. The molecule has 0 radical (unpaired) electrons. The fourth-order valence-corrected chi connectivity index (χ4v) is 2.15. The van der Waals surface area contributed by atoms with Crippen molar-refractivity contribution in [2.24, 2.45) is 5.92 Å². The monoisotopic (exact) mass is 298 g/mol. The van der Waals surface area contributed by atoms with Crippen LogP contribution in [0.4, 0.5) is 0 Å². The first-order chi connectivity index (χ1) is 10.1. The lowest BCUT2D eigenvalue weighted by molar-refractivity contribution is -0.149. The predicted octanol–water partition coefficient (Wildman–Crippen LogP) is 4.34. The van der Waals surface area contributed by atoms with Crippen LogP contribution < -0.4 is 0 Å². The van der Waals surface area contributed by atoms with Gasteiger partial charge >= 0.3 is 11.9 Å². The molecule has 4 heteroatoms. The van der Waals surface area contributed by atoms with E-state index in [-0.39, 0.29) is 6.42 Å². The van der Waals surface area contributed by atoms with Crippen LogP contribution in [0.2, 0.25) is 0 Å². The van der Waals surface area contributed by atoms with Gasteiger partial charge in [0.05, 0.1) is 19.4 Å². The lowest BCUT2D eigenvalue weighted by Crippen LogP contribution is -2.18. The quantitative estimate of drug-likeness (QED) is 0.312. The lowest BCUT2D eigenvalue weighted by atomic mass is 10.0. The third-order valence-electron chi connectivity index (χ3n) is 3.55. The summed E-state index contributed by atoms with van der Waals surface area (Å²) in [6.07, 6.45) is 14.1. The summed E-state index contributed by atoms with van der Waals surface area (Å²) in [5.74, 6) is -2.09. The van der Waals surface area contributed by atoms with Crippen molar-refractivity contribution in [3.63, 3.8) is 0 Å². The molecule has 0 bridgehead atoms. The number of hydrogen-bond acceptors (Lipinski definition) is 3. The molecular formula is C17H30O4. The van der Waals surface area contributed by atoms with Crippen LogP contribution in [0.5, 0.6) is 0 Å². The number of ether oxygens (including phenoxy) is 1. The Labute approximate surface area is 128 Å². The summed E-state index contributed by atoms with van der Waals surface area (Å²) in [5.41, 5.74) is 0. The van der Waals surface area contributed by atoms with Crippen molar-refractivity contribution in [3.05, 3.63) is 12.2 Å². The van der Waals surface area contributed by atoms with Gasteiger partial charge in [0.15, 0.2) is 0 Å². The summed E-state index contributed by atoms with van der Waals surface area (Å²) < 4.78 is 4.50. The molecule has 0 heterocycles. The van der Waals surface area contributed by atoms with Gasteiger partial charge < -0.3 is 9.84 Å². The summed E-state index contributed by atoms with van der Waals surface area (Å²) >= 11 is 0. The molecule has 0 aliphatic rings. The molecule has 4 nitrogen and oxygen atoms in total. The third-order valence-corrected chi connectivity index (χ3v) is 3.55. The van der Waals surface area contributed by atoms with Crippen LogP contribution in [0, 0.1) is 5.92 Å². The summed E-state index contributed by atoms with van der Waals surface area (Å²) in [7, 11) is 1.28. The van der Waals surface area contributed by atoms with E-state index in [0.29, 0.717) is 6.42 Å². The van der Waals surface area contributed by atoms with Gasteiger partial charge in [0.1, 0.15) is 0 Å². The van der Waals surface area contributed by atoms with Crippen molar-refractivity contribution in [2.75, 3.05) is 7.11 Å². The van der Waals surface area contributed by atoms with Gasteiger partial charge in [-0.05, 0) is 19.3 Å². The fourth-order valence-electron chi connectivity index (χ4n) is 2.15. The molecule has 0 spiro atoms. The SMILES string of the molecule is CCCCCCCCC/C=C/CC(CC(=O)OC)C(=O)O. The molecule has 1 N–H and O–H groups in total. The van der Waals surface area contributed by atoms with Gasteiger partial charge in [0.2, 0.25) is 0 Å². The summed E-state index contributed by atoms with van der Waals surface area (Å²) in [6, 6.07) is 0. The van der Waals surface area contributed by atoms with Crippen LogP contribution in [-0.4, -0.2) is 24.2 Å². The Hall–Kier alpha value is -1.32. The standard InChI is InChI=1S/C17H30O4/c1-3-4-5-6-7-8-9-10-11-12-13-15(17(19)20)14-16(18)21-2/h11-12,15H,3-10,13-14H2,1-2H3,(H,19,20)/b12-11+. The number of hydrogen-bond donors (Lipinski definition) is 1. The van der Waals surface area contributed by atoms with Crippen molar-refractivity contribution in [1.82, 2.24) is 0 Å². The average Bonchev–Trinajstić information content (AvgIpc) is 2.47. The minimum Gasteiger partial charge on any atom is -0.481 e. The predicted molar refractivity (Wildman–Crippen MR) is 84.1 cm³/mol. The normalized spacial score (nSPS) is 12.5. The molecule has 0 aliphatic carbocycles. The molecule has 122 valence electrons. The van der Waals surface area contributed by atoms with E-state index in [1.807, 2.05) is 12.2 Å². The fraction of sp³-hybridized carbons (Fsp3) is 0.765. The Balaban J connectivity index is 3.67. The third kappa shape index (κ3) is 12.2. The van der Waals surface area contributed by atoms with E-state index in [1.54, 1.807) is 0 Å². The molecule has 0 amide bonds. The Morgan fingerprint density at radius 1 is 1.05 bits per heavy atom. The number of rotatable bonds is 13. The van der Waals surface area contributed by atoms with Crippen molar-refractivity contribution < 1.29 is 19.4 Å². The van der Waals surface area contributed by atoms with E-state index in [9.17, 15) is 9.59 Å². The number of esters is 1. The van der Waals surface area contributed by atoms with Crippen molar-refractivity contribution in [1.29, 1.82) is 0 Å². The van der Waals surface area contributed by atoms with Crippen LogP contribution in [0.3, 0.4) is 0 Å². The van der Waals surface area contributed by atoms with Gasteiger partial charge in [-0.2, -0.15) is 0 Å². The number of carbonyl (C=O) groups is 2. The number of methoxy groups -OCH3 is 1. The first-order valence-electron chi connectivity index (χ1n) is 8.06. The minimum absolute atomic E-state index is 0.0619. The van der Waals surface area contributed by atoms with Crippen LogP contribution in [0.25, 0.3) is 0 Å². The molecule has 0 aliphatic heterocycles. The van der Waals surface area contributed by atoms with Crippen LogP contribution in [-0.2, 0) is 14.3 Å². The number of carboxylic acid groups (broad SMARTS) is 1. The minimum atomic E-state index is -0.944. The second kappa shape index (κ2) is 13.7. The highest BCUT2D eigenvalue weighted by atomic mass is 16.5. The highest BCUT2D eigenvalue weighted by molar-refractivity contribution is 5.78. The summed E-state index contributed by atoms with van der Waals surface area (Å²) in [6.45, 7) is 2.22. The number of carboxylic acids is 1. The number of carbonyl (C=O) groups excluding carboxylic acids is 1. The molecule has 0 aromatic heterocycles. The Morgan fingerprint density at radius 3 is 2.24 bits per heavy atom. The van der Waals surface area contributed by atoms with E-state index in [1.165, 1.54) is 45.6 Å². The van der Waals surface area contributed by atoms with Crippen molar-refractivity contribution in [2.45, 2.75) is 71.1 Å². The summed E-state index contributed by atoms with van der Waals surface area (Å²) in [4.78, 5) is 22.1. The molecule has 1 atom stereocenters. The van der Waals surface area contributed by atoms with Gasteiger partial charge in [-0.3, -0.25) is 9.59 Å². The van der Waals surface area contributed by atoms with Crippen LogP contribution in [0.1, 0.15) is 71.1 Å².